The Morgan fingerprint density at radius 1 is 1.48 bits per heavy atom. The quantitative estimate of drug-likeness (QED) is 0.839. The zero-order valence-corrected chi connectivity index (χ0v) is 12.4. The Bertz CT molecular complexity index is 536. The molecule has 0 radical (unpaired) electrons. The van der Waals surface area contributed by atoms with Crippen molar-refractivity contribution in [3.8, 4) is 12.3 Å². The first kappa shape index (κ1) is 15.4. The fourth-order valence-corrected chi connectivity index (χ4v) is 2.74. The van der Waals surface area contributed by atoms with Crippen LogP contribution in [0.3, 0.4) is 0 Å². The van der Waals surface area contributed by atoms with Gasteiger partial charge in [-0.05, 0) is 31.0 Å². The molecule has 0 aliphatic heterocycles. The number of hydrogen-bond acceptors (Lipinski definition) is 2. The predicted octanol–water partition coefficient (Wildman–Crippen LogP) is 2.68. The number of aliphatic hydroxyl groups is 1. The summed E-state index contributed by atoms with van der Waals surface area (Å²) in [6.07, 6.45) is 9.07. The number of urea groups is 1. The van der Waals surface area contributed by atoms with Crippen molar-refractivity contribution in [2.75, 3.05) is 18.9 Å². The Hall–Kier alpha value is -1.99. The Kier molecular flexibility index (Phi) is 5.24. The van der Waals surface area contributed by atoms with Crippen LogP contribution in [0.5, 0.6) is 0 Å². The van der Waals surface area contributed by atoms with Crippen molar-refractivity contribution in [3.63, 3.8) is 0 Å². The molecule has 1 aromatic carbocycles. The number of anilines is 1. The first-order valence-electron chi connectivity index (χ1n) is 7.37. The van der Waals surface area contributed by atoms with Crippen LogP contribution in [-0.4, -0.2) is 35.7 Å². The van der Waals surface area contributed by atoms with Crippen LogP contribution in [-0.2, 0) is 0 Å². The third kappa shape index (κ3) is 4.24. The molecule has 1 aromatic rings. The molecule has 2 rings (SSSR count). The summed E-state index contributed by atoms with van der Waals surface area (Å²) in [6.45, 7) is 0.571. The molecule has 0 saturated heterocycles. The number of rotatable bonds is 3. The highest BCUT2D eigenvalue weighted by molar-refractivity contribution is 5.89. The maximum Gasteiger partial charge on any atom is 0.321 e. The van der Waals surface area contributed by atoms with Crippen molar-refractivity contribution in [1.82, 2.24) is 4.90 Å². The van der Waals surface area contributed by atoms with Crippen molar-refractivity contribution in [2.24, 2.45) is 5.92 Å². The maximum atomic E-state index is 12.2. The van der Waals surface area contributed by atoms with Crippen LogP contribution in [0.2, 0.25) is 0 Å². The number of nitrogens with one attached hydrogen (secondary N) is 1. The van der Waals surface area contributed by atoms with Gasteiger partial charge in [-0.1, -0.05) is 24.8 Å². The minimum atomic E-state index is -0.293. The van der Waals surface area contributed by atoms with Gasteiger partial charge in [0.05, 0.1) is 6.10 Å². The molecule has 1 saturated carbocycles. The highest BCUT2D eigenvalue weighted by Gasteiger charge is 2.25. The van der Waals surface area contributed by atoms with Crippen molar-refractivity contribution < 1.29 is 9.90 Å². The van der Waals surface area contributed by atoms with Crippen LogP contribution in [0.25, 0.3) is 0 Å². The van der Waals surface area contributed by atoms with Crippen LogP contribution in [0.1, 0.15) is 31.2 Å². The van der Waals surface area contributed by atoms with Gasteiger partial charge < -0.3 is 15.3 Å². The van der Waals surface area contributed by atoms with Gasteiger partial charge in [-0.3, -0.25) is 0 Å². The summed E-state index contributed by atoms with van der Waals surface area (Å²) in [5.41, 5.74) is 1.42. The van der Waals surface area contributed by atoms with E-state index in [-0.39, 0.29) is 18.1 Å². The van der Waals surface area contributed by atoms with E-state index < -0.39 is 0 Å². The average molecular weight is 286 g/mol. The average Bonchev–Trinajstić information content (AvgIpc) is 2.49. The highest BCUT2D eigenvalue weighted by atomic mass is 16.3. The minimum Gasteiger partial charge on any atom is -0.393 e. The molecule has 0 heterocycles. The molecule has 2 atom stereocenters. The SMILES string of the molecule is C#Cc1cccc(NC(=O)N(C)CC2CCCCC2O)c1. The number of amides is 2. The van der Waals surface area contributed by atoms with E-state index in [0.717, 1.165) is 31.2 Å². The Labute approximate surface area is 126 Å². The van der Waals surface area contributed by atoms with Gasteiger partial charge in [-0.15, -0.1) is 6.42 Å². The van der Waals surface area contributed by atoms with E-state index in [1.54, 1.807) is 18.0 Å². The smallest absolute Gasteiger partial charge is 0.321 e. The second-order valence-corrected chi connectivity index (χ2v) is 5.65. The van der Waals surface area contributed by atoms with E-state index in [4.69, 9.17) is 6.42 Å². The Balaban J connectivity index is 1.91. The topological polar surface area (TPSA) is 52.6 Å². The van der Waals surface area contributed by atoms with Gasteiger partial charge >= 0.3 is 6.03 Å². The molecule has 2 N–H and O–H groups in total. The molecule has 1 fully saturated rings. The molecule has 2 amide bonds. The highest BCUT2D eigenvalue weighted by Crippen LogP contribution is 2.25. The standard InChI is InChI=1S/C17H22N2O2/c1-3-13-7-6-9-15(11-13)18-17(21)19(2)12-14-8-4-5-10-16(14)20/h1,6-7,9,11,14,16,20H,4-5,8,10,12H2,2H3,(H,18,21). The Morgan fingerprint density at radius 2 is 2.24 bits per heavy atom. The first-order chi connectivity index (χ1) is 10.1. The van der Waals surface area contributed by atoms with E-state index in [9.17, 15) is 9.90 Å². The zero-order valence-electron chi connectivity index (χ0n) is 12.4. The molecule has 4 nitrogen and oxygen atoms in total. The normalized spacial score (nSPS) is 21.4. The number of carbonyl (C=O) groups is 1. The minimum absolute atomic E-state index is 0.173. The van der Waals surface area contributed by atoms with Crippen LogP contribution < -0.4 is 5.32 Å². The van der Waals surface area contributed by atoms with Gasteiger partial charge in [0, 0.05) is 30.8 Å². The second-order valence-electron chi connectivity index (χ2n) is 5.65. The van der Waals surface area contributed by atoms with E-state index in [2.05, 4.69) is 11.2 Å². The molecular formula is C17H22N2O2. The molecule has 2 unspecified atom stereocenters. The predicted molar refractivity (Wildman–Crippen MR) is 84.0 cm³/mol. The summed E-state index contributed by atoms with van der Waals surface area (Å²) in [5.74, 6) is 2.72. The van der Waals surface area contributed by atoms with Gasteiger partial charge in [0.1, 0.15) is 0 Å². The summed E-state index contributed by atoms with van der Waals surface area (Å²) in [5, 5.41) is 12.8. The third-order valence-electron chi connectivity index (χ3n) is 4.00. The summed E-state index contributed by atoms with van der Waals surface area (Å²) in [7, 11) is 1.75. The number of nitrogens with zero attached hydrogens (tertiary/aromatic N) is 1. The summed E-state index contributed by atoms with van der Waals surface area (Å²) < 4.78 is 0. The van der Waals surface area contributed by atoms with Gasteiger partial charge in [-0.25, -0.2) is 4.79 Å². The number of benzene rings is 1. The molecule has 4 heteroatoms. The maximum absolute atomic E-state index is 12.2. The number of hydrogen-bond donors (Lipinski definition) is 2. The number of terminal acetylenes is 1. The van der Waals surface area contributed by atoms with E-state index >= 15 is 0 Å². The van der Waals surface area contributed by atoms with Gasteiger partial charge in [0.25, 0.3) is 0 Å². The van der Waals surface area contributed by atoms with Crippen LogP contribution >= 0.6 is 0 Å². The molecule has 0 spiro atoms. The second kappa shape index (κ2) is 7.14. The van der Waals surface area contributed by atoms with Crippen molar-refractivity contribution >= 4 is 11.7 Å². The molecule has 1 aliphatic carbocycles. The first-order valence-corrected chi connectivity index (χ1v) is 7.37. The van der Waals surface area contributed by atoms with Crippen LogP contribution in [0.15, 0.2) is 24.3 Å². The number of carbonyl (C=O) groups excluding carboxylic acids is 1. The lowest BCUT2D eigenvalue weighted by molar-refractivity contribution is 0.0575. The van der Waals surface area contributed by atoms with E-state index in [1.807, 2.05) is 18.2 Å². The molecule has 112 valence electrons. The third-order valence-corrected chi connectivity index (χ3v) is 4.00. The fraction of sp³-hybridized carbons (Fsp3) is 0.471. The number of aliphatic hydroxyl groups excluding tert-OH is 1. The lowest BCUT2D eigenvalue weighted by atomic mass is 9.86. The summed E-state index contributed by atoms with van der Waals surface area (Å²) in [4.78, 5) is 13.8. The molecule has 21 heavy (non-hydrogen) atoms. The fourth-order valence-electron chi connectivity index (χ4n) is 2.74. The van der Waals surface area contributed by atoms with Gasteiger partial charge in [0.15, 0.2) is 0 Å². The zero-order chi connectivity index (χ0) is 15.2. The van der Waals surface area contributed by atoms with Crippen LogP contribution in [0, 0.1) is 18.3 Å². The molecule has 0 bridgehead atoms. The molecule has 1 aliphatic rings. The molecule has 0 aromatic heterocycles. The van der Waals surface area contributed by atoms with Crippen molar-refractivity contribution in [3.05, 3.63) is 29.8 Å². The largest absolute Gasteiger partial charge is 0.393 e. The Morgan fingerprint density at radius 3 is 2.95 bits per heavy atom. The monoisotopic (exact) mass is 286 g/mol. The van der Waals surface area contributed by atoms with Crippen molar-refractivity contribution in [2.45, 2.75) is 31.8 Å². The van der Waals surface area contributed by atoms with E-state index in [0.29, 0.717) is 12.2 Å². The lowest BCUT2D eigenvalue weighted by Crippen LogP contribution is -2.40. The van der Waals surface area contributed by atoms with Gasteiger partial charge in [0.2, 0.25) is 0 Å². The summed E-state index contributed by atoms with van der Waals surface area (Å²) in [6, 6.07) is 7.03. The van der Waals surface area contributed by atoms with E-state index in [1.165, 1.54) is 0 Å². The lowest BCUT2D eigenvalue weighted by Gasteiger charge is -2.31. The van der Waals surface area contributed by atoms with Crippen molar-refractivity contribution in [1.29, 1.82) is 0 Å². The van der Waals surface area contributed by atoms with Crippen LogP contribution in [0.4, 0.5) is 10.5 Å². The summed E-state index contributed by atoms with van der Waals surface area (Å²) >= 11 is 0. The molecular weight excluding hydrogens is 264 g/mol. The van der Waals surface area contributed by atoms with Gasteiger partial charge in [-0.2, -0.15) is 0 Å².